The van der Waals surface area contributed by atoms with E-state index in [0.29, 0.717) is 0 Å². The molecule has 0 amide bonds. The van der Waals surface area contributed by atoms with E-state index >= 15 is 0 Å². The van der Waals surface area contributed by atoms with E-state index in [1.165, 1.54) is 86.9 Å². The summed E-state index contributed by atoms with van der Waals surface area (Å²) in [7, 11) is 0. The first-order valence-corrected chi connectivity index (χ1v) is 17.9. The maximum Gasteiger partial charge on any atom is 0.138 e. The molecule has 3 heterocycles. The summed E-state index contributed by atoms with van der Waals surface area (Å²) in [5, 5.41) is 15.0. The highest BCUT2D eigenvalue weighted by atomic mass is 15.1. The number of aromatic nitrogens is 3. The van der Waals surface area contributed by atoms with Gasteiger partial charge in [-0.05, 0) is 80.3 Å². The summed E-state index contributed by atoms with van der Waals surface area (Å²) < 4.78 is 4.85. The van der Waals surface area contributed by atoms with E-state index in [-0.39, 0.29) is 0 Å². The van der Waals surface area contributed by atoms with Gasteiger partial charge < -0.3 is 4.57 Å². The Morgan fingerprint density at radius 2 is 1.04 bits per heavy atom. The average molecular weight is 660 g/mol. The summed E-state index contributed by atoms with van der Waals surface area (Å²) >= 11 is 0. The third kappa shape index (κ3) is 3.66. The average Bonchev–Trinajstić information content (AvgIpc) is 3.73. The van der Waals surface area contributed by atoms with Gasteiger partial charge in [0.15, 0.2) is 0 Å². The van der Waals surface area contributed by atoms with Crippen LogP contribution in [0.1, 0.15) is 0 Å². The lowest BCUT2D eigenvalue weighted by Crippen LogP contribution is -1.98. The van der Waals surface area contributed by atoms with Crippen molar-refractivity contribution in [1.82, 2.24) is 14.1 Å². The van der Waals surface area contributed by atoms with Crippen molar-refractivity contribution in [3.8, 4) is 22.6 Å². The van der Waals surface area contributed by atoms with Gasteiger partial charge in [-0.25, -0.2) is 4.98 Å². The van der Waals surface area contributed by atoms with E-state index in [0.717, 1.165) is 22.4 Å². The minimum Gasteiger partial charge on any atom is -0.309 e. The van der Waals surface area contributed by atoms with Gasteiger partial charge in [0.1, 0.15) is 5.82 Å². The van der Waals surface area contributed by atoms with Crippen LogP contribution in [-0.2, 0) is 0 Å². The molecule has 0 N–H and O–H groups in total. The standard InChI is InChI=1S/C49H29N3/c1-2-16-34(17-3-1)51-42-24-11-10-20-38(42)40-23-12-22-36(49(40)51)33-25-41-37-19-8-9-21-39(37)46-35-18-7-6-14-31(35)26-44-48(46)47(41)43(27-33)52(44)45-28-30-13-4-5-15-32(30)29-50-45/h1-29H. The summed E-state index contributed by atoms with van der Waals surface area (Å²) in [5.41, 5.74) is 8.29. The zero-order valence-corrected chi connectivity index (χ0v) is 28.1. The highest BCUT2D eigenvalue weighted by molar-refractivity contribution is 6.39. The van der Waals surface area contributed by atoms with Gasteiger partial charge in [-0.3, -0.25) is 4.57 Å². The maximum absolute atomic E-state index is 5.15. The van der Waals surface area contributed by atoms with Crippen LogP contribution >= 0.6 is 0 Å². The van der Waals surface area contributed by atoms with E-state index in [4.69, 9.17) is 4.98 Å². The van der Waals surface area contributed by atoms with E-state index in [2.05, 4.69) is 179 Å². The number of fused-ring (bicyclic) bond motifs is 9. The van der Waals surface area contributed by atoms with Gasteiger partial charge in [0.05, 0.1) is 22.1 Å². The molecule has 0 aliphatic rings. The number of hydrogen-bond donors (Lipinski definition) is 0. The van der Waals surface area contributed by atoms with E-state index in [1.54, 1.807) is 0 Å². The lowest BCUT2D eigenvalue weighted by atomic mass is 9.89. The monoisotopic (exact) mass is 659 g/mol. The predicted molar refractivity (Wildman–Crippen MR) is 220 cm³/mol. The molecule has 0 aliphatic heterocycles. The fraction of sp³-hybridized carbons (Fsp3) is 0. The summed E-state index contributed by atoms with van der Waals surface area (Å²) in [4.78, 5) is 5.15. The molecule has 3 nitrogen and oxygen atoms in total. The fourth-order valence-corrected chi connectivity index (χ4v) is 9.08. The Morgan fingerprint density at radius 1 is 0.365 bits per heavy atom. The van der Waals surface area contributed by atoms with Crippen molar-refractivity contribution in [3.05, 3.63) is 176 Å². The van der Waals surface area contributed by atoms with Gasteiger partial charge in [0, 0.05) is 49.8 Å². The Hall–Kier alpha value is -6.97. The molecule has 52 heavy (non-hydrogen) atoms. The zero-order chi connectivity index (χ0) is 33.9. The minimum absolute atomic E-state index is 0.922. The van der Waals surface area contributed by atoms with Crippen molar-refractivity contribution < 1.29 is 0 Å². The van der Waals surface area contributed by atoms with Gasteiger partial charge in [-0.2, -0.15) is 0 Å². The van der Waals surface area contributed by atoms with Crippen molar-refractivity contribution in [2.24, 2.45) is 0 Å². The molecule has 0 bridgehead atoms. The molecular formula is C49H29N3. The van der Waals surface area contributed by atoms with Crippen LogP contribution in [0.5, 0.6) is 0 Å². The van der Waals surface area contributed by atoms with Gasteiger partial charge in [0.25, 0.3) is 0 Å². The molecule has 12 rings (SSSR count). The highest BCUT2D eigenvalue weighted by Gasteiger charge is 2.24. The first kappa shape index (κ1) is 27.8. The molecule has 0 unspecified atom stereocenters. The van der Waals surface area contributed by atoms with Gasteiger partial charge in [-0.1, -0.05) is 127 Å². The normalized spacial score (nSPS) is 12.2. The Bertz CT molecular complexity index is 3400. The molecular weight excluding hydrogens is 631 g/mol. The second kappa shape index (κ2) is 10.3. The Morgan fingerprint density at radius 3 is 1.90 bits per heavy atom. The van der Waals surface area contributed by atoms with Gasteiger partial charge >= 0.3 is 0 Å². The van der Waals surface area contributed by atoms with Crippen LogP contribution in [0.15, 0.2) is 176 Å². The zero-order valence-electron chi connectivity index (χ0n) is 28.1. The molecule has 0 spiro atoms. The Kier molecular flexibility index (Phi) is 5.50. The van der Waals surface area contributed by atoms with E-state index in [1.807, 2.05) is 6.20 Å². The first-order chi connectivity index (χ1) is 25.8. The molecule has 0 radical (unpaired) electrons. The van der Waals surface area contributed by atoms with Crippen LogP contribution in [-0.4, -0.2) is 14.1 Å². The van der Waals surface area contributed by atoms with Crippen molar-refractivity contribution in [1.29, 1.82) is 0 Å². The van der Waals surface area contributed by atoms with Crippen molar-refractivity contribution >= 4 is 86.7 Å². The predicted octanol–water partition coefficient (Wildman–Crippen LogP) is 13.0. The van der Waals surface area contributed by atoms with Crippen molar-refractivity contribution in [2.45, 2.75) is 0 Å². The summed E-state index contributed by atoms with van der Waals surface area (Å²) in [6.45, 7) is 0. The molecule has 0 fully saturated rings. The summed E-state index contributed by atoms with van der Waals surface area (Å²) in [5.74, 6) is 0.922. The van der Waals surface area contributed by atoms with Gasteiger partial charge in [0.2, 0.25) is 0 Å². The number of nitrogens with zero attached hydrogens (tertiary/aromatic N) is 3. The van der Waals surface area contributed by atoms with Crippen LogP contribution < -0.4 is 0 Å². The number of pyridine rings is 1. The molecule has 3 heteroatoms. The first-order valence-electron chi connectivity index (χ1n) is 17.9. The number of para-hydroxylation sites is 3. The maximum atomic E-state index is 5.15. The molecule has 0 aliphatic carbocycles. The van der Waals surface area contributed by atoms with Crippen LogP contribution in [0.3, 0.4) is 0 Å². The summed E-state index contributed by atoms with van der Waals surface area (Å²) in [6, 6.07) is 62.1. The minimum atomic E-state index is 0.922. The molecule has 3 aromatic heterocycles. The second-order valence-electron chi connectivity index (χ2n) is 13.9. The van der Waals surface area contributed by atoms with E-state index < -0.39 is 0 Å². The molecule has 240 valence electrons. The molecule has 0 atom stereocenters. The van der Waals surface area contributed by atoms with Crippen LogP contribution in [0.25, 0.3) is 109 Å². The molecule has 9 aromatic carbocycles. The summed E-state index contributed by atoms with van der Waals surface area (Å²) in [6.07, 6.45) is 2.02. The Labute approximate surface area is 298 Å². The third-order valence-electron chi connectivity index (χ3n) is 11.2. The number of rotatable bonds is 3. The molecule has 12 aromatic rings. The van der Waals surface area contributed by atoms with Crippen molar-refractivity contribution in [2.75, 3.05) is 0 Å². The van der Waals surface area contributed by atoms with E-state index in [9.17, 15) is 0 Å². The quantitative estimate of drug-likeness (QED) is 0.173. The largest absolute Gasteiger partial charge is 0.309 e. The van der Waals surface area contributed by atoms with Crippen LogP contribution in [0, 0.1) is 0 Å². The number of hydrogen-bond acceptors (Lipinski definition) is 1. The lowest BCUT2D eigenvalue weighted by Gasteiger charge is -2.15. The number of benzene rings is 9. The van der Waals surface area contributed by atoms with Crippen LogP contribution in [0.2, 0.25) is 0 Å². The van der Waals surface area contributed by atoms with Crippen molar-refractivity contribution in [3.63, 3.8) is 0 Å². The fourth-order valence-electron chi connectivity index (χ4n) is 9.08. The molecule has 0 saturated carbocycles. The molecule has 0 saturated heterocycles. The SMILES string of the molecule is c1ccc(-n2c3ccccc3c3cccc(-c4cc5c6ccccc6c6c7ccccc7cc7c6c5c(c4)n7-c4cc5ccccc5cn4)c32)cc1. The Balaban J connectivity index is 1.30. The van der Waals surface area contributed by atoms with Gasteiger partial charge in [-0.15, -0.1) is 0 Å². The lowest BCUT2D eigenvalue weighted by molar-refractivity contribution is 1.09. The highest BCUT2D eigenvalue weighted by Crippen LogP contribution is 2.48. The second-order valence-corrected chi connectivity index (χ2v) is 13.9. The third-order valence-corrected chi connectivity index (χ3v) is 11.2. The smallest absolute Gasteiger partial charge is 0.138 e. The topological polar surface area (TPSA) is 22.8 Å². The van der Waals surface area contributed by atoms with Crippen LogP contribution in [0.4, 0.5) is 0 Å².